The Morgan fingerprint density at radius 1 is 0.913 bits per heavy atom. The molecule has 2 aromatic rings. The van der Waals surface area contributed by atoms with Gasteiger partial charge in [0.25, 0.3) is 0 Å². The molecule has 1 fully saturated rings. The van der Waals surface area contributed by atoms with E-state index in [1.165, 1.54) is 40.3 Å². The van der Waals surface area contributed by atoms with Gasteiger partial charge in [-0.05, 0) is 50.3 Å². The first-order chi connectivity index (χ1) is 11.2. The number of aryl methyl sites for hydroxylation is 2. The standard InChI is InChI=1S/C19H24N4/c1-14-5-3-8-18(15(14)2)22-9-11-23(12-10-22)19-16-6-4-7-17(16)20-13-21-19/h3,5,8,13H,4,6-7,9-12H2,1-2H3. The summed E-state index contributed by atoms with van der Waals surface area (Å²) >= 11 is 0. The highest BCUT2D eigenvalue weighted by atomic mass is 15.3. The predicted octanol–water partition coefficient (Wildman–Crippen LogP) is 2.91. The van der Waals surface area contributed by atoms with Crippen LogP contribution in [-0.4, -0.2) is 36.1 Å². The Morgan fingerprint density at radius 2 is 1.70 bits per heavy atom. The van der Waals surface area contributed by atoms with E-state index in [4.69, 9.17) is 0 Å². The third-order valence-electron chi connectivity index (χ3n) is 5.35. The highest BCUT2D eigenvalue weighted by Crippen LogP contribution is 2.30. The molecule has 4 heteroatoms. The zero-order valence-electron chi connectivity index (χ0n) is 14.0. The van der Waals surface area contributed by atoms with E-state index in [1.54, 1.807) is 6.33 Å². The predicted molar refractivity (Wildman–Crippen MR) is 94.4 cm³/mol. The molecule has 2 heterocycles. The minimum atomic E-state index is 1.04. The molecule has 120 valence electrons. The van der Waals surface area contributed by atoms with E-state index in [0.717, 1.165) is 39.0 Å². The van der Waals surface area contributed by atoms with Crippen molar-refractivity contribution in [3.63, 3.8) is 0 Å². The van der Waals surface area contributed by atoms with Crippen LogP contribution in [0.3, 0.4) is 0 Å². The number of piperazine rings is 1. The summed E-state index contributed by atoms with van der Waals surface area (Å²) in [6.07, 6.45) is 5.23. The van der Waals surface area contributed by atoms with Gasteiger partial charge in [-0.25, -0.2) is 9.97 Å². The highest BCUT2D eigenvalue weighted by Gasteiger charge is 2.24. The van der Waals surface area contributed by atoms with Crippen molar-refractivity contribution in [2.75, 3.05) is 36.0 Å². The van der Waals surface area contributed by atoms with Crippen LogP contribution in [0.5, 0.6) is 0 Å². The zero-order valence-corrected chi connectivity index (χ0v) is 14.0. The molecule has 1 aliphatic carbocycles. The van der Waals surface area contributed by atoms with Gasteiger partial charge in [-0.1, -0.05) is 12.1 Å². The van der Waals surface area contributed by atoms with Crippen molar-refractivity contribution in [3.8, 4) is 0 Å². The maximum absolute atomic E-state index is 4.60. The molecule has 0 N–H and O–H groups in total. The van der Waals surface area contributed by atoms with E-state index >= 15 is 0 Å². The van der Waals surface area contributed by atoms with Crippen molar-refractivity contribution < 1.29 is 0 Å². The van der Waals surface area contributed by atoms with Crippen molar-refractivity contribution >= 4 is 11.5 Å². The van der Waals surface area contributed by atoms with E-state index in [9.17, 15) is 0 Å². The van der Waals surface area contributed by atoms with Crippen molar-refractivity contribution in [2.45, 2.75) is 33.1 Å². The molecule has 2 aliphatic rings. The molecular weight excluding hydrogens is 284 g/mol. The fourth-order valence-electron chi connectivity index (χ4n) is 3.85. The van der Waals surface area contributed by atoms with Gasteiger partial charge in [0, 0.05) is 43.1 Å². The first kappa shape index (κ1) is 14.5. The third-order valence-corrected chi connectivity index (χ3v) is 5.35. The summed E-state index contributed by atoms with van der Waals surface area (Å²) < 4.78 is 0. The summed E-state index contributed by atoms with van der Waals surface area (Å²) in [6, 6.07) is 6.61. The molecule has 0 radical (unpaired) electrons. The first-order valence-electron chi connectivity index (χ1n) is 8.63. The average molecular weight is 308 g/mol. The van der Waals surface area contributed by atoms with Crippen LogP contribution in [0.4, 0.5) is 11.5 Å². The number of hydrogen-bond donors (Lipinski definition) is 0. The molecule has 1 aliphatic heterocycles. The molecule has 23 heavy (non-hydrogen) atoms. The zero-order chi connectivity index (χ0) is 15.8. The Bertz CT molecular complexity index is 717. The van der Waals surface area contributed by atoms with Crippen LogP contribution in [0.25, 0.3) is 0 Å². The monoisotopic (exact) mass is 308 g/mol. The number of benzene rings is 1. The summed E-state index contributed by atoms with van der Waals surface area (Å²) in [5.41, 5.74) is 6.83. The Balaban J connectivity index is 1.52. The summed E-state index contributed by atoms with van der Waals surface area (Å²) in [5.74, 6) is 1.19. The molecule has 0 bridgehead atoms. The van der Waals surface area contributed by atoms with E-state index in [2.05, 4.69) is 51.8 Å². The van der Waals surface area contributed by atoms with Gasteiger partial charge in [0.05, 0.1) is 0 Å². The van der Waals surface area contributed by atoms with Gasteiger partial charge >= 0.3 is 0 Å². The second-order valence-corrected chi connectivity index (χ2v) is 6.67. The number of aromatic nitrogens is 2. The minimum absolute atomic E-state index is 1.04. The molecule has 1 aromatic carbocycles. The van der Waals surface area contributed by atoms with Crippen LogP contribution in [0, 0.1) is 13.8 Å². The van der Waals surface area contributed by atoms with Crippen LogP contribution in [0.15, 0.2) is 24.5 Å². The fourth-order valence-corrected chi connectivity index (χ4v) is 3.85. The van der Waals surface area contributed by atoms with Crippen molar-refractivity contribution in [1.29, 1.82) is 0 Å². The van der Waals surface area contributed by atoms with Gasteiger partial charge < -0.3 is 9.80 Å². The van der Waals surface area contributed by atoms with Gasteiger partial charge in [-0.3, -0.25) is 0 Å². The van der Waals surface area contributed by atoms with Crippen LogP contribution in [-0.2, 0) is 12.8 Å². The van der Waals surface area contributed by atoms with Crippen LogP contribution >= 0.6 is 0 Å². The SMILES string of the molecule is Cc1cccc(N2CCN(c3ncnc4c3CCC4)CC2)c1C. The first-order valence-corrected chi connectivity index (χ1v) is 8.63. The molecule has 0 unspecified atom stereocenters. The van der Waals surface area contributed by atoms with Crippen LogP contribution < -0.4 is 9.80 Å². The molecule has 0 amide bonds. The topological polar surface area (TPSA) is 32.3 Å². The molecule has 0 saturated carbocycles. The van der Waals surface area contributed by atoms with E-state index < -0.39 is 0 Å². The minimum Gasteiger partial charge on any atom is -0.368 e. The summed E-state index contributed by atoms with van der Waals surface area (Å²) in [6.45, 7) is 8.62. The van der Waals surface area contributed by atoms with Gasteiger partial charge in [-0.2, -0.15) is 0 Å². The second kappa shape index (κ2) is 5.84. The number of fused-ring (bicyclic) bond motifs is 1. The van der Waals surface area contributed by atoms with Crippen LogP contribution in [0.1, 0.15) is 28.8 Å². The smallest absolute Gasteiger partial charge is 0.135 e. The Hall–Kier alpha value is -2.10. The lowest BCUT2D eigenvalue weighted by Gasteiger charge is -2.38. The lowest BCUT2D eigenvalue weighted by molar-refractivity contribution is 0.643. The van der Waals surface area contributed by atoms with E-state index in [0.29, 0.717) is 0 Å². The number of rotatable bonds is 2. The third kappa shape index (κ3) is 2.56. The quantitative estimate of drug-likeness (QED) is 0.854. The Labute approximate surface area is 138 Å². The number of nitrogens with zero attached hydrogens (tertiary/aromatic N) is 4. The van der Waals surface area contributed by atoms with Crippen molar-refractivity contribution in [3.05, 3.63) is 46.9 Å². The van der Waals surface area contributed by atoms with E-state index in [-0.39, 0.29) is 0 Å². The maximum Gasteiger partial charge on any atom is 0.135 e. The average Bonchev–Trinajstić information content (AvgIpc) is 3.06. The second-order valence-electron chi connectivity index (χ2n) is 6.67. The van der Waals surface area contributed by atoms with Gasteiger partial charge in [0.15, 0.2) is 0 Å². The van der Waals surface area contributed by atoms with Crippen molar-refractivity contribution in [2.24, 2.45) is 0 Å². The molecule has 4 nitrogen and oxygen atoms in total. The van der Waals surface area contributed by atoms with Gasteiger partial charge in [-0.15, -0.1) is 0 Å². The molecule has 0 atom stereocenters. The van der Waals surface area contributed by atoms with Crippen molar-refractivity contribution in [1.82, 2.24) is 9.97 Å². The van der Waals surface area contributed by atoms with Crippen LogP contribution in [0.2, 0.25) is 0 Å². The molecular formula is C19H24N4. The summed E-state index contributed by atoms with van der Waals surface area (Å²) in [7, 11) is 0. The molecule has 1 saturated heterocycles. The largest absolute Gasteiger partial charge is 0.368 e. The Kier molecular flexibility index (Phi) is 3.68. The summed E-state index contributed by atoms with van der Waals surface area (Å²) in [4.78, 5) is 14.0. The number of anilines is 2. The summed E-state index contributed by atoms with van der Waals surface area (Å²) in [5, 5.41) is 0. The maximum atomic E-state index is 4.60. The highest BCUT2D eigenvalue weighted by molar-refractivity contribution is 5.58. The van der Waals surface area contributed by atoms with E-state index in [1.807, 2.05) is 0 Å². The lowest BCUT2D eigenvalue weighted by Crippen LogP contribution is -2.47. The van der Waals surface area contributed by atoms with Gasteiger partial charge in [0.1, 0.15) is 12.1 Å². The fraction of sp³-hybridized carbons (Fsp3) is 0.474. The normalized spacial score (nSPS) is 17.5. The number of hydrogen-bond acceptors (Lipinski definition) is 4. The Morgan fingerprint density at radius 3 is 2.52 bits per heavy atom. The molecule has 4 rings (SSSR count). The lowest BCUT2D eigenvalue weighted by atomic mass is 10.1. The molecule has 1 aromatic heterocycles. The molecule has 0 spiro atoms. The van der Waals surface area contributed by atoms with Gasteiger partial charge in [0.2, 0.25) is 0 Å².